The highest BCUT2D eigenvalue weighted by atomic mass is 16.2. The highest BCUT2D eigenvalue weighted by molar-refractivity contribution is 6.06. The van der Waals surface area contributed by atoms with E-state index in [1.807, 2.05) is 6.07 Å². The Bertz CT molecular complexity index is 913. The molecule has 1 aromatic rings. The third-order valence-corrected chi connectivity index (χ3v) is 6.53. The molecule has 1 saturated heterocycles. The van der Waals surface area contributed by atoms with Crippen molar-refractivity contribution in [3.05, 3.63) is 34.4 Å². The maximum absolute atomic E-state index is 13.3. The minimum absolute atomic E-state index is 0.000498. The Morgan fingerprint density at radius 2 is 1.94 bits per heavy atom. The number of unbranched alkanes of at least 4 members (excludes halogenated alkanes) is 2. The summed E-state index contributed by atoms with van der Waals surface area (Å²) in [6.45, 7) is 1.02. The van der Waals surface area contributed by atoms with E-state index in [1.165, 1.54) is 0 Å². The minimum Gasteiger partial charge on any atom is -0.352 e. The summed E-state index contributed by atoms with van der Waals surface area (Å²) in [5, 5.41) is 5.33. The Morgan fingerprint density at radius 1 is 1.10 bits per heavy atom. The van der Waals surface area contributed by atoms with E-state index in [4.69, 9.17) is 5.73 Å². The van der Waals surface area contributed by atoms with Crippen molar-refractivity contribution in [3.63, 3.8) is 0 Å². The van der Waals surface area contributed by atoms with Crippen molar-refractivity contribution in [3.8, 4) is 0 Å². The SMILES string of the molecule is NCCCCCC(=O)NCc1cc2c3c(c1)C(=O)N(C1CCC(=O)NC1=O)C3CCC2. The van der Waals surface area contributed by atoms with Crippen molar-refractivity contribution in [1.29, 1.82) is 0 Å². The standard InChI is InChI=1S/C23H30N4O4/c24-10-3-1-2-7-19(28)25-13-14-11-15-5-4-6-17-21(15)16(12-14)23(31)27(17)18-8-9-20(29)26-22(18)30/h11-12,17-18H,1-10,13,24H2,(H,25,28)(H,26,29,30). The van der Waals surface area contributed by atoms with Gasteiger partial charge in [-0.15, -0.1) is 0 Å². The summed E-state index contributed by atoms with van der Waals surface area (Å²) in [6.07, 6.45) is 6.42. The van der Waals surface area contributed by atoms with Gasteiger partial charge in [0.25, 0.3) is 5.91 Å². The van der Waals surface area contributed by atoms with E-state index in [9.17, 15) is 19.2 Å². The number of carbonyl (C=O) groups is 4. The van der Waals surface area contributed by atoms with Crippen LogP contribution in [0.1, 0.15) is 84.5 Å². The number of rotatable bonds is 8. The summed E-state index contributed by atoms with van der Waals surface area (Å²) in [4.78, 5) is 51.1. The fraction of sp³-hybridized carbons (Fsp3) is 0.565. The van der Waals surface area contributed by atoms with E-state index < -0.39 is 6.04 Å². The van der Waals surface area contributed by atoms with Gasteiger partial charge in [0.05, 0.1) is 6.04 Å². The molecule has 1 aromatic carbocycles. The number of piperidine rings is 1. The number of imide groups is 1. The molecule has 0 saturated carbocycles. The van der Waals surface area contributed by atoms with Gasteiger partial charge in [0.15, 0.2) is 0 Å². The number of carbonyl (C=O) groups excluding carboxylic acids is 4. The zero-order chi connectivity index (χ0) is 22.0. The van der Waals surface area contributed by atoms with Gasteiger partial charge < -0.3 is 16.0 Å². The summed E-state index contributed by atoms with van der Waals surface area (Å²) in [5.41, 5.74) is 9.18. The Kier molecular flexibility index (Phi) is 6.36. The molecule has 4 N–H and O–H groups in total. The summed E-state index contributed by atoms with van der Waals surface area (Å²) in [7, 11) is 0. The zero-order valence-electron chi connectivity index (χ0n) is 17.7. The van der Waals surface area contributed by atoms with Gasteiger partial charge in [0.1, 0.15) is 6.04 Å². The van der Waals surface area contributed by atoms with Crippen molar-refractivity contribution in [2.75, 3.05) is 6.54 Å². The third-order valence-electron chi connectivity index (χ3n) is 6.53. The van der Waals surface area contributed by atoms with Gasteiger partial charge in [0, 0.05) is 24.9 Å². The fourth-order valence-corrected chi connectivity index (χ4v) is 5.05. The molecule has 0 spiro atoms. The Labute approximate surface area is 181 Å². The smallest absolute Gasteiger partial charge is 0.255 e. The predicted molar refractivity (Wildman–Crippen MR) is 114 cm³/mol. The van der Waals surface area contributed by atoms with E-state index in [0.29, 0.717) is 31.5 Å². The molecule has 31 heavy (non-hydrogen) atoms. The van der Waals surface area contributed by atoms with Crippen LogP contribution in [0.4, 0.5) is 0 Å². The lowest BCUT2D eigenvalue weighted by molar-refractivity contribution is -0.137. The number of hydrogen-bond acceptors (Lipinski definition) is 5. The van der Waals surface area contributed by atoms with Crippen LogP contribution in [0.25, 0.3) is 0 Å². The van der Waals surface area contributed by atoms with E-state index in [1.54, 1.807) is 4.90 Å². The average molecular weight is 427 g/mol. The number of aryl methyl sites for hydroxylation is 1. The van der Waals surface area contributed by atoms with Gasteiger partial charge in [-0.1, -0.05) is 12.5 Å². The van der Waals surface area contributed by atoms with Crippen molar-refractivity contribution < 1.29 is 19.2 Å². The van der Waals surface area contributed by atoms with Crippen LogP contribution in [-0.4, -0.2) is 41.1 Å². The van der Waals surface area contributed by atoms with E-state index in [0.717, 1.165) is 55.2 Å². The zero-order valence-corrected chi connectivity index (χ0v) is 17.7. The number of hydrogen-bond donors (Lipinski definition) is 3. The molecule has 2 atom stereocenters. The van der Waals surface area contributed by atoms with Crippen LogP contribution in [0.2, 0.25) is 0 Å². The van der Waals surface area contributed by atoms with Crippen LogP contribution >= 0.6 is 0 Å². The Morgan fingerprint density at radius 3 is 2.71 bits per heavy atom. The molecule has 1 aliphatic carbocycles. The molecule has 8 heteroatoms. The fourth-order valence-electron chi connectivity index (χ4n) is 5.05. The first-order chi connectivity index (χ1) is 15.0. The van der Waals surface area contributed by atoms with Crippen LogP contribution in [0.15, 0.2) is 12.1 Å². The molecule has 1 fully saturated rings. The summed E-state index contributed by atoms with van der Waals surface area (Å²) in [5.74, 6) is -0.810. The van der Waals surface area contributed by atoms with Gasteiger partial charge in [0.2, 0.25) is 17.7 Å². The van der Waals surface area contributed by atoms with Crippen molar-refractivity contribution in [2.45, 2.75) is 76.4 Å². The largest absolute Gasteiger partial charge is 0.352 e. The molecule has 2 aliphatic heterocycles. The van der Waals surface area contributed by atoms with Crippen molar-refractivity contribution >= 4 is 23.6 Å². The van der Waals surface area contributed by atoms with Gasteiger partial charge >= 0.3 is 0 Å². The molecule has 4 rings (SSSR count). The molecular weight excluding hydrogens is 396 g/mol. The Hall–Kier alpha value is -2.74. The summed E-state index contributed by atoms with van der Waals surface area (Å²) < 4.78 is 0. The van der Waals surface area contributed by atoms with Gasteiger partial charge in [-0.2, -0.15) is 0 Å². The third kappa shape index (κ3) is 4.35. The van der Waals surface area contributed by atoms with Gasteiger partial charge in [-0.3, -0.25) is 24.5 Å². The van der Waals surface area contributed by atoms with Crippen LogP contribution in [-0.2, 0) is 27.3 Å². The number of nitrogens with one attached hydrogen (secondary N) is 2. The molecule has 0 aromatic heterocycles. The molecule has 0 bridgehead atoms. The molecule has 8 nitrogen and oxygen atoms in total. The van der Waals surface area contributed by atoms with E-state index >= 15 is 0 Å². The second-order valence-electron chi connectivity index (χ2n) is 8.68. The number of nitrogens with zero attached hydrogens (tertiary/aromatic N) is 1. The van der Waals surface area contributed by atoms with Crippen LogP contribution in [0.3, 0.4) is 0 Å². The first-order valence-corrected chi connectivity index (χ1v) is 11.3. The molecule has 3 aliphatic rings. The molecule has 4 amide bonds. The van der Waals surface area contributed by atoms with Gasteiger partial charge in [-0.05, 0) is 67.8 Å². The lowest BCUT2D eigenvalue weighted by atomic mass is 9.85. The van der Waals surface area contributed by atoms with E-state index in [2.05, 4.69) is 16.7 Å². The normalized spacial score (nSPS) is 22.4. The van der Waals surface area contributed by atoms with Gasteiger partial charge in [-0.25, -0.2) is 0 Å². The average Bonchev–Trinajstić information content (AvgIpc) is 3.03. The first-order valence-electron chi connectivity index (χ1n) is 11.3. The molecule has 2 unspecified atom stereocenters. The predicted octanol–water partition coefficient (Wildman–Crippen LogP) is 1.46. The maximum atomic E-state index is 13.3. The van der Waals surface area contributed by atoms with Crippen LogP contribution in [0.5, 0.6) is 0 Å². The highest BCUT2D eigenvalue weighted by Crippen LogP contribution is 2.45. The number of benzene rings is 1. The number of amides is 4. The summed E-state index contributed by atoms with van der Waals surface area (Å²) >= 11 is 0. The van der Waals surface area contributed by atoms with Crippen molar-refractivity contribution in [1.82, 2.24) is 15.5 Å². The lowest BCUT2D eigenvalue weighted by Crippen LogP contribution is -2.53. The van der Waals surface area contributed by atoms with Crippen LogP contribution < -0.4 is 16.4 Å². The number of nitrogens with two attached hydrogens (primary N) is 1. The maximum Gasteiger partial charge on any atom is 0.255 e. The highest BCUT2D eigenvalue weighted by Gasteiger charge is 2.46. The topological polar surface area (TPSA) is 122 Å². The molecule has 0 radical (unpaired) electrons. The minimum atomic E-state index is -0.606. The summed E-state index contributed by atoms with van der Waals surface area (Å²) in [6, 6.07) is 3.23. The van der Waals surface area contributed by atoms with Crippen molar-refractivity contribution in [2.24, 2.45) is 5.73 Å². The molecule has 2 heterocycles. The molecular formula is C23H30N4O4. The molecule has 166 valence electrons. The monoisotopic (exact) mass is 426 g/mol. The second kappa shape index (κ2) is 9.18. The second-order valence-corrected chi connectivity index (χ2v) is 8.68. The van der Waals surface area contributed by atoms with E-state index in [-0.39, 0.29) is 36.1 Å². The lowest BCUT2D eigenvalue weighted by Gasteiger charge is -2.36. The quantitative estimate of drug-likeness (QED) is 0.429. The van der Waals surface area contributed by atoms with Crippen LogP contribution in [0, 0.1) is 0 Å². The first kappa shape index (κ1) is 21.5. The Balaban J connectivity index is 1.49.